The van der Waals surface area contributed by atoms with Crippen LogP contribution in [-0.2, 0) is 14.3 Å². The minimum Gasteiger partial charge on any atom is -0.868 e. The molecule has 2 aliphatic rings. The Balaban J connectivity index is 1.63. The van der Waals surface area contributed by atoms with Crippen molar-refractivity contribution >= 4 is 17.8 Å². The van der Waals surface area contributed by atoms with Gasteiger partial charge in [0, 0.05) is 18.5 Å². The SMILES string of the molecule is COc1ccc(C2C(C(=O)/C=C/c3ccccc3)=C([O-])C(=O)N2CCC[NH+]2CCOCC2)cc1OC. The zero-order chi connectivity index (χ0) is 25.5. The van der Waals surface area contributed by atoms with Crippen LogP contribution in [0.25, 0.3) is 6.08 Å². The highest BCUT2D eigenvalue weighted by atomic mass is 16.5. The maximum atomic E-state index is 13.3. The van der Waals surface area contributed by atoms with Crippen molar-refractivity contribution in [2.45, 2.75) is 12.5 Å². The van der Waals surface area contributed by atoms with Crippen molar-refractivity contribution in [3.8, 4) is 11.5 Å². The quantitative estimate of drug-likeness (QED) is 0.493. The molecule has 1 amide bonds. The maximum Gasteiger partial charge on any atom is 0.239 e. The Labute approximate surface area is 211 Å². The van der Waals surface area contributed by atoms with E-state index in [4.69, 9.17) is 14.2 Å². The van der Waals surface area contributed by atoms with E-state index < -0.39 is 23.5 Å². The molecule has 2 aromatic rings. The number of nitrogens with zero attached hydrogens (tertiary/aromatic N) is 1. The first-order valence-electron chi connectivity index (χ1n) is 12.2. The third-order valence-electron chi connectivity index (χ3n) is 6.63. The first kappa shape index (κ1) is 25.5. The van der Waals surface area contributed by atoms with Crippen molar-refractivity contribution < 1.29 is 33.8 Å². The highest BCUT2D eigenvalue weighted by Crippen LogP contribution is 2.40. The Bertz CT molecular complexity index is 1140. The molecule has 0 saturated carbocycles. The summed E-state index contributed by atoms with van der Waals surface area (Å²) in [6.45, 7) is 4.53. The number of amides is 1. The molecule has 1 unspecified atom stereocenters. The molecule has 190 valence electrons. The number of hydrogen-bond donors (Lipinski definition) is 1. The molecule has 1 N–H and O–H groups in total. The number of methoxy groups -OCH3 is 2. The Kier molecular flexibility index (Phi) is 8.40. The summed E-state index contributed by atoms with van der Waals surface area (Å²) in [4.78, 5) is 29.4. The number of carbonyl (C=O) groups is 2. The minimum atomic E-state index is -0.794. The number of quaternary nitrogens is 1. The van der Waals surface area contributed by atoms with E-state index >= 15 is 0 Å². The second kappa shape index (κ2) is 11.9. The second-order valence-electron chi connectivity index (χ2n) is 8.83. The zero-order valence-corrected chi connectivity index (χ0v) is 20.7. The van der Waals surface area contributed by atoms with Crippen LogP contribution >= 0.6 is 0 Å². The van der Waals surface area contributed by atoms with Crippen LogP contribution in [0.1, 0.15) is 23.6 Å². The topological polar surface area (TPSA) is 92.6 Å². The van der Waals surface area contributed by atoms with Crippen molar-refractivity contribution in [1.82, 2.24) is 4.90 Å². The van der Waals surface area contributed by atoms with Gasteiger partial charge in [-0.05, 0) is 35.1 Å². The van der Waals surface area contributed by atoms with Crippen LogP contribution in [0.5, 0.6) is 11.5 Å². The van der Waals surface area contributed by atoms with Crippen LogP contribution in [0.15, 0.2) is 65.9 Å². The number of ketones is 1. The van der Waals surface area contributed by atoms with Gasteiger partial charge in [0.2, 0.25) is 5.91 Å². The summed E-state index contributed by atoms with van der Waals surface area (Å²) in [7, 11) is 3.06. The maximum absolute atomic E-state index is 13.3. The molecule has 1 saturated heterocycles. The molecule has 2 aromatic carbocycles. The van der Waals surface area contributed by atoms with Gasteiger partial charge in [0.25, 0.3) is 0 Å². The van der Waals surface area contributed by atoms with Crippen LogP contribution in [0.4, 0.5) is 0 Å². The van der Waals surface area contributed by atoms with Crippen molar-refractivity contribution in [2.75, 3.05) is 53.6 Å². The first-order chi connectivity index (χ1) is 17.5. The standard InChI is InChI=1S/C28H32N2O6/c1-34-23-12-10-21(19-24(23)35-2)26-25(22(31)11-9-20-7-4-3-5-8-20)27(32)28(33)30(26)14-6-13-29-15-17-36-18-16-29/h3-5,7-12,19,26,32H,6,13-18H2,1-2H3/b11-9+. The fourth-order valence-electron chi connectivity index (χ4n) is 4.73. The molecule has 1 fully saturated rings. The lowest BCUT2D eigenvalue weighted by Crippen LogP contribution is -3.14. The molecular weight excluding hydrogens is 460 g/mol. The van der Waals surface area contributed by atoms with Crippen LogP contribution in [0, 0.1) is 0 Å². The normalized spacial score (nSPS) is 18.8. The summed E-state index contributed by atoms with van der Waals surface area (Å²) in [6, 6.07) is 13.8. The van der Waals surface area contributed by atoms with Crippen LogP contribution in [0.3, 0.4) is 0 Å². The van der Waals surface area contributed by atoms with Crippen LogP contribution < -0.4 is 19.5 Å². The zero-order valence-electron chi connectivity index (χ0n) is 20.7. The average Bonchev–Trinajstić information content (AvgIpc) is 3.17. The van der Waals surface area contributed by atoms with Gasteiger partial charge in [0.05, 0.1) is 40.0 Å². The predicted molar refractivity (Wildman–Crippen MR) is 133 cm³/mol. The van der Waals surface area contributed by atoms with Crippen molar-refractivity contribution in [1.29, 1.82) is 0 Å². The monoisotopic (exact) mass is 492 g/mol. The molecule has 0 aromatic heterocycles. The summed E-state index contributed by atoms with van der Waals surface area (Å²) < 4.78 is 16.2. The average molecular weight is 493 g/mol. The smallest absolute Gasteiger partial charge is 0.239 e. The van der Waals surface area contributed by atoms with Gasteiger partial charge < -0.3 is 29.1 Å². The molecule has 0 bridgehead atoms. The van der Waals surface area contributed by atoms with E-state index in [0.717, 1.165) is 38.4 Å². The molecule has 1 atom stereocenters. The Hall–Kier alpha value is -3.62. The first-order valence-corrected chi connectivity index (χ1v) is 12.2. The van der Waals surface area contributed by atoms with E-state index in [1.807, 2.05) is 30.3 Å². The highest BCUT2D eigenvalue weighted by Gasteiger charge is 2.38. The summed E-state index contributed by atoms with van der Waals surface area (Å²) in [6.07, 6.45) is 3.73. The Morgan fingerprint density at radius 3 is 2.53 bits per heavy atom. The van der Waals surface area contributed by atoms with Crippen molar-refractivity contribution in [3.05, 3.63) is 77.1 Å². The Morgan fingerprint density at radius 2 is 1.83 bits per heavy atom. The summed E-state index contributed by atoms with van der Waals surface area (Å²) in [5.74, 6) is -0.889. The number of hydrogen-bond acceptors (Lipinski definition) is 6. The minimum absolute atomic E-state index is 0.0434. The fraction of sp³-hybridized carbons (Fsp3) is 0.357. The largest absolute Gasteiger partial charge is 0.868 e. The summed E-state index contributed by atoms with van der Waals surface area (Å²) in [5, 5.41) is 13.1. The van der Waals surface area contributed by atoms with Gasteiger partial charge in [-0.2, -0.15) is 0 Å². The van der Waals surface area contributed by atoms with E-state index in [1.165, 1.54) is 30.1 Å². The number of carbonyl (C=O) groups excluding carboxylic acids is 2. The van der Waals surface area contributed by atoms with E-state index in [2.05, 4.69) is 0 Å². The lowest BCUT2D eigenvalue weighted by atomic mass is 9.95. The lowest BCUT2D eigenvalue weighted by Gasteiger charge is -2.29. The molecule has 8 nitrogen and oxygen atoms in total. The second-order valence-corrected chi connectivity index (χ2v) is 8.83. The van der Waals surface area contributed by atoms with Gasteiger partial charge in [-0.15, -0.1) is 0 Å². The molecule has 36 heavy (non-hydrogen) atoms. The molecule has 2 heterocycles. The van der Waals surface area contributed by atoms with Gasteiger partial charge in [-0.1, -0.05) is 42.5 Å². The van der Waals surface area contributed by atoms with Gasteiger partial charge in [-0.3, -0.25) is 9.59 Å². The van der Waals surface area contributed by atoms with E-state index in [9.17, 15) is 14.7 Å². The molecular formula is C28H32N2O6. The molecule has 0 aliphatic carbocycles. The van der Waals surface area contributed by atoms with Crippen LogP contribution in [-0.4, -0.2) is 70.2 Å². The molecule has 0 radical (unpaired) electrons. The summed E-state index contributed by atoms with van der Waals surface area (Å²) in [5.41, 5.74) is 1.41. The van der Waals surface area contributed by atoms with Gasteiger partial charge in [-0.25, -0.2) is 0 Å². The van der Waals surface area contributed by atoms with Crippen molar-refractivity contribution in [3.63, 3.8) is 0 Å². The van der Waals surface area contributed by atoms with Crippen LogP contribution in [0.2, 0.25) is 0 Å². The molecule has 0 spiro atoms. The van der Waals surface area contributed by atoms with Gasteiger partial charge in [0.15, 0.2) is 17.3 Å². The number of morpholine rings is 1. The summed E-state index contributed by atoms with van der Waals surface area (Å²) >= 11 is 0. The Morgan fingerprint density at radius 1 is 1.11 bits per heavy atom. The number of benzene rings is 2. The third kappa shape index (κ3) is 5.61. The predicted octanol–water partition coefficient (Wildman–Crippen LogP) is 0.789. The van der Waals surface area contributed by atoms with Gasteiger partial charge in [0.1, 0.15) is 13.1 Å². The number of nitrogens with one attached hydrogen (secondary N) is 1. The number of ether oxygens (including phenoxy) is 3. The third-order valence-corrected chi connectivity index (χ3v) is 6.63. The highest BCUT2D eigenvalue weighted by molar-refractivity contribution is 6.14. The van der Waals surface area contributed by atoms with E-state index in [0.29, 0.717) is 30.0 Å². The number of rotatable bonds is 10. The van der Waals surface area contributed by atoms with Gasteiger partial charge >= 0.3 is 0 Å². The van der Waals surface area contributed by atoms with E-state index in [1.54, 1.807) is 24.3 Å². The lowest BCUT2D eigenvalue weighted by molar-refractivity contribution is -0.908. The number of allylic oxidation sites excluding steroid dienone is 1. The molecule has 8 heteroatoms. The van der Waals surface area contributed by atoms with E-state index in [-0.39, 0.29) is 5.57 Å². The fourth-order valence-corrected chi connectivity index (χ4v) is 4.73. The molecule has 4 rings (SSSR count). The van der Waals surface area contributed by atoms with Crippen molar-refractivity contribution in [2.24, 2.45) is 0 Å². The molecule has 2 aliphatic heterocycles.